The van der Waals surface area contributed by atoms with Crippen LogP contribution in [0.2, 0.25) is 0 Å². The minimum absolute atomic E-state index is 0.0215. The van der Waals surface area contributed by atoms with E-state index in [1.54, 1.807) is 0 Å². The van der Waals surface area contributed by atoms with Gasteiger partial charge >= 0.3 is 11.4 Å². The van der Waals surface area contributed by atoms with E-state index in [1.165, 1.54) is 6.07 Å². The molecule has 0 atom stereocenters. The Bertz CT molecular complexity index is 392. The highest BCUT2D eigenvalue weighted by Gasteiger charge is 2.29. The van der Waals surface area contributed by atoms with Crippen LogP contribution < -0.4 is 5.73 Å². The third-order valence-corrected chi connectivity index (χ3v) is 1.92. The number of carbonyl (C=O) groups excluding carboxylic acids is 1. The number of ether oxygens (including phenoxy) is 1. The van der Waals surface area contributed by atoms with Crippen LogP contribution in [0, 0.1) is 0 Å². The molecule has 3 nitrogen and oxygen atoms in total. The maximum Gasteiger partial charge on any atom is 0.348 e. The molecule has 6 heteroatoms. The molecule has 0 amide bonds. The van der Waals surface area contributed by atoms with Gasteiger partial charge in [0.2, 0.25) is 0 Å². The first-order chi connectivity index (χ1) is 7.84. The van der Waals surface area contributed by atoms with Crippen LogP contribution in [0.3, 0.4) is 0 Å². The lowest BCUT2D eigenvalue weighted by Gasteiger charge is -2.10. The van der Waals surface area contributed by atoms with Crippen LogP contribution in [0.1, 0.15) is 29.8 Å². The molecule has 0 bridgehead atoms. The molecule has 0 aliphatic rings. The fourth-order valence-corrected chi connectivity index (χ4v) is 1.16. The van der Waals surface area contributed by atoms with Crippen LogP contribution in [0.5, 0.6) is 0 Å². The van der Waals surface area contributed by atoms with Crippen molar-refractivity contribution in [2.24, 2.45) is 0 Å². The van der Waals surface area contributed by atoms with Crippen molar-refractivity contribution in [3.05, 3.63) is 29.3 Å². The van der Waals surface area contributed by atoms with Gasteiger partial charge in [0.05, 0.1) is 12.7 Å². The van der Waals surface area contributed by atoms with E-state index in [4.69, 9.17) is 17.3 Å². The van der Waals surface area contributed by atoms with Crippen molar-refractivity contribution in [2.75, 3.05) is 12.8 Å². The molecule has 17 heavy (non-hydrogen) atoms. The van der Waals surface area contributed by atoms with Gasteiger partial charge in [-0.2, -0.15) is 8.78 Å². The SMILES string of the molecule is CC.COC(=O)c1cc(N)cc(C(F)(F)Cl)c1. The van der Waals surface area contributed by atoms with Crippen LogP contribution in [0.15, 0.2) is 18.2 Å². The number of carbonyl (C=O) groups is 1. The Labute approximate surface area is 104 Å². The minimum atomic E-state index is -3.56. The molecule has 96 valence electrons. The lowest BCUT2D eigenvalue weighted by molar-refractivity contribution is 0.0599. The van der Waals surface area contributed by atoms with E-state index in [9.17, 15) is 13.6 Å². The molecule has 0 spiro atoms. The normalized spacial score (nSPS) is 10.2. The van der Waals surface area contributed by atoms with Gasteiger partial charge in [0.25, 0.3) is 0 Å². The number of hydrogen-bond donors (Lipinski definition) is 1. The van der Waals surface area contributed by atoms with Gasteiger partial charge in [-0.25, -0.2) is 4.79 Å². The van der Waals surface area contributed by atoms with Gasteiger partial charge < -0.3 is 10.5 Å². The second-order valence-corrected chi connectivity index (χ2v) is 3.31. The van der Waals surface area contributed by atoms with Crippen molar-refractivity contribution in [1.29, 1.82) is 0 Å². The van der Waals surface area contributed by atoms with E-state index in [0.29, 0.717) is 0 Å². The van der Waals surface area contributed by atoms with Gasteiger partial charge in [0.15, 0.2) is 0 Å². The molecule has 0 heterocycles. The van der Waals surface area contributed by atoms with Gasteiger partial charge in [-0.1, -0.05) is 13.8 Å². The minimum Gasteiger partial charge on any atom is -0.465 e. The molecule has 0 aliphatic carbocycles. The van der Waals surface area contributed by atoms with Crippen LogP contribution in [0.4, 0.5) is 14.5 Å². The summed E-state index contributed by atoms with van der Waals surface area (Å²) in [6.45, 7) is 4.00. The molecular weight excluding hydrogens is 252 g/mol. The fraction of sp³-hybridized carbons (Fsp3) is 0.364. The molecule has 1 aromatic carbocycles. The largest absolute Gasteiger partial charge is 0.465 e. The molecule has 1 aromatic rings. The van der Waals surface area contributed by atoms with Crippen LogP contribution in [0.25, 0.3) is 0 Å². The van der Waals surface area contributed by atoms with E-state index < -0.39 is 16.9 Å². The van der Waals surface area contributed by atoms with Gasteiger partial charge in [-0.3, -0.25) is 0 Å². The Morgan fingerprint density at radius 2 is 1.88 bits per heavy atom. The fourth-order valence-electron chi connectivity index (χ4n) is 1.05. The highest BCUT2D eigenvalue weighted by atomic mass is 35.5. The summed E-state index contributed by atoms with van der Waals surface area (Å²) in [5.41, 5.74) is 4.77. The Morgan fingerprint density at radius 1 is 1.35 bits per heavy atom. The highest BCUT2D eigenvalue weighted by Crippen LogP contribution is 2.33. The number of halogens is 3. The molecule has 0 radical (unpaired) electrons. The standard InChI is InChI=1S/C9H8ClF2NO2.C2H6/c1-15-8(14)5-2-6(9(10,11)12)4-7(13)3-5;1-2/h2-4H,13H2,1H3;1-2H3. The second-order valence-electron chi connectivity index (χ2n) is 2.83. The Morgan fingerprint density at radius 3 is 2.29 bits per heavy atom. The van der Waals surface area contributed by atoms with Crippen molar-refractivity contribution in [1.82, 2.24) is 0 Å². The highest BCUT2D eigenvalue weighted by molar-refractivity contribution is 6.21. The number of nitrogens with two attached hydrogens (primary N) is 1. The topological polar surface area (TPSA) is 52.3 Å². The zero-order valence-corrected chi connectivity index (χ0v) is 10.5. The summed E-state index contributed by atoms with van der Waals surface area (Å²) >= 11 is 4.81. The van der Waals surface area contributed by atoms with E-state index in [2.05, 4.69) is 4.74 Å². The molecule has 1 rings (SSSR count). The molecule has 0 saturated heterocycles. The van der Waals surface area contributed by atoms with Crippen molar-refractivity contribution in [3.63, 3.8) is 0 Å². The van der Waals surface area contributed by atoms with Gasteiger partial charge in [0.1, 0.15) is 0 Å². The molecule has 0 saturated carbocycles. The molecule has 0 aromatic heterocycles. The summed E-state index contributed by atoms with van der Waals surface area (Å²) in [7, 11) is 1.14. The summed E-state index contributed by atoms with van der Waals surface area (Å²) in [5, 5.41) is -3.56. The summed E-state index contributed by atoms with van der Waals surface area (Å²) in [5.74, 6) is -0.746. The van der Waals surface area contributed by atoms with Gasteiger partial charge in [0, 0.05) is 11.3 Å². The number of rotatable bonds is 2. The van der Waals surface area contributed by atoms with Crippen LogP contribution in [-0.4, -0.2) is 13.1 Å². The third-order valence-electron chi connectivity index (χ3n) is 1.70. The molecule has 0 unspecified atom stereocenters. The zero-order valence-electron chi connectivity index (χ0n) is 9.76. The first-order valence-electron chi connectivity index (χ1n) is 4.90. The number of methoxy groups -OCH3 is 1. The summed E-state index contributed by atoms with van der Waals surface area (Å²) in [4.78, 5) is 11.1. The first-order valence-corrected chi connectivity index (χ1v) is 5.28. The number of alkyl halides is 3. The molecular formula is C11H14ClF2NO2. The predicted molar refractivity (Wildman–Crippen MR) is 63.3 cm³/mol. The Balaban J connectivity index is 0.00000121. The van der Waals surface area contributed by atoms with Crippen molar-refractivity contribution in [3.8, 4) is 0 Å². The van der Waals surface area contributed by atoms with Gasteiger partial charge in [-0.15, -0.1) is 0 Å². The average Bonchev–Trinajstić information content (AvgIpc) is 2.28. The average molecular weight is 266 g/mol. The van der Waals surface area contributed by atoms with Crippen molar-refractivity contribution in [2.45, 2.75) is 19.2 Å². The van der Waals surface area contributed by atoms with E-state index in [0.717, 1.165) is 19.2 Å². The number of anilines is 1. The smallest absolute Gasteiger partial charge is 0.348 e. The predicted octanol–water partition coefficient (Wildman–Crippen LogP) is 3.37. The first kappa shape index (κ1) is 15.6. The number of benzene rings is 1. The van der Waals surface area contributed by atoms with E-state index >= 15 is 0 Å². The zero-order chi connectivity index (χ0) is 13.6. The molecule has 0 aliphatic heterocycles. The molecule has 0 fully saturated rings. The van der Waals surface area contributed by atoms with Crippen molar-refractivity contribution >= 4 is 23.3 Å². The Hall–Kier alpha value is -1.36. The number of nitrogen functional groups attached to an aromatic ring is 1. The summed E-state index contributed by atoms with van der Waals surface area (Å²) < 4.78 is 29.9. The Kier molecular flexibility index (Phi) is 5.88. The monoisotopic (exact) mass is 265 g/mol. The van der Waals surface area contributed by atoms with Crippen molar-refractivity contribution < 1.29 is 18.3 Å². The summed E-state index contributed by atoms with van der Waals surface area (Å²) in [6, 6.07) is 3.17. The van der Waals surface area contributed by atoms with E-state index in [1.807, 2.05) is 13.8 Å². The van der Waals surface area contributed by atoms with Crippen LogP contribution >= 0.6 is 11.6 Å². The van der Waals surface area contributed by atoms with Crippen LogP contribution in [-0.2, 0) is 10.1 Å². The maximum absolute atomic E-state index is 12.7. The lowest BCUT2D eigenvalue weighted by Crippen LogP contribution is -2.08. The molecule has 2 N–H and O–H groups in total. The number of esters is 1. The lowest BCUT2D eigenvalue weighted by atomic mass is 10.1. The number of hydrogen-bond acceptors (Lipinski definition) is 3. The summed E-state index contributed by atoms with van der Waals surface area (Å²) in [6.07, 6.45) is 0. The quantitative estimate of drug-likeness (QED) is 0.507. The third kappa shape index (κ3) is 4.56. The maximum atomic E-state index is 12.7. The van der Waals surface area contributed by atoms with E-state index in [-0.39, 0.29) is 11.3 Å². The van der Waals surface area contributed by atoms with Gasteiger partial charge in [-0.05, 0) is 29.8 Å². The second kappa shape index (κ2) is 6.39.